The third-order valence-electron chi connectivity index (χ3n) is 3.35. The Morgan fingerprint density at radius 2 is 0.962 bits per heavy atom. The maximum atomic E-state index is 5.66. The highest BCUT2D eigenvalue weighted by atomic mass is 16.5. The molecule has 2 aromatic rings. The van der Waals surface area contributed by atoms with Crippen LogP contribution in [0.3, 0.4) is 0 Å². The lowest BCUT2D eigenvalue weighted by atomic mass is 10.2. The SMILES string of the molecule is CC(C)COc1ccc(C#CC#Cc2ccc(OCC(C)C)cc2)cc1. The summed E-state index contributed by atoms with van der Waals surface area (Å²) in [5, 5.41) is 0. The zero-order valence-electron chi connectivity index (χ0n) is 16.0. The van der Waals surface area contributed by atoms with Crippen molar-refractivity contribution in [2.24, 2.45) is 11.8 Å². The fourth-order valence-corrected chi connectivity index (χ4v) is 2.00. The molecule has 0 atom stereocenters. The molecule has 134 valence electrons. The van der Waals surface area contributed by atoms with Crippen molar-refractivity contribution in [2.75, 3.05) is 13.2 Å². The normalized spacial score (nSPS) is 9.92. The maximum absolute atomic E-state index is 5.66. The molecule has 0 N–H and O–H groups in total. The van der Waals surface area contributed by atoms with Crippen LogP contribution in [0.5, 0.6) is 11.5 Å². The molecule has 0 unspecified atom stereocenters. The van der Waals surface area contributed by atoms with Gasteiger partial charge in [-0.05, 0) is 72.2 Å². The summed E-state index contributed by atoms with van der Waals surface area (Å²) in [4.78, 5) is 0. The van der Waals surface area contributed by atoms with Crippen molar-refractivity contribution in [1.29, 1.82) is 0 Å². The van der Waals surface area contributed by atoms with Gasteiger partial charge in [0.05, 0.1) is 13.2 Å². The van der Waals surface area contributed by atoms with Gasteiger partial charge in [0, 0.05) is 11.1 Å². The van der Waals surface area contributed by atoms with Crippen molar-refractivity contribution in [3.05, 3.63) is 59.7 Å². The van der Waals surface area contributed by atoms with Gasteiger partial charge in [0.2, 0.25) is 0 Å². The minimum absolute atomic E-state index is 0.514. The first-order valence-electron chi connectivity index (χ1n) is 9.00. The molecule has 0 saturated carbocycles. The van der Waals surface area contributed by atoms with Gasteiger partial charge in [0.15, 0.2) is 0 Å². The first-order valence-corrected chi connectivity index (χ1v) is 9.00. The Labute approximate surface area is 157 Å². The number of hydrogen-bond acceptors (Lipinski definition) is 2. The van der Waals surface area contributed by atoms with Crippen LogP contribution in [0.25, 0.3) is 0 Å². The van der Waals surface area contributed by atoms with Gasteiger partial charge >= 0.3 is 0 Å². The minimum Gasteiger partial charge on any atom is -0.493 e. The van der Waals surface area contributed by atoms with E-state index in [2.05, 4.69) is 51.4 Å². The predicted octanol–water partition coefficient (Wildman–Crippen LogP) is 5.16. The number of benzene rings is 2. The summed E-state index contributed by atoms with van der Waals surface area (Å²) in [5.74, 6) is 14.6. The second kappa shape index (κ2) is 10.2. The highest BCUT2D eigenvalue weighted by molar-refractivity contribution is 5.46. The fourth-order valence-electron chi connectivity index (χ4n) is 2.00. The van der Waals surface area contributed by atoms with Gasteiger partial charge in [-0.3, -0.25) is 0 Å². The molecular weight excluding hydrogens is 320 g/mol. The average molecular weight is 346 g/mol. The summed E-state index contributed by atoms with van der Waals surface area (Å²) in [5.41, 5.74) is 1.85. The Morgan fingerprint density at radius 1 is 0.615 bits per heavy atom. The van der Waals surface area contributed by atoms with Crippen molar-refractivity contribution in [2.45, 2.75) is 27.7 Å². The van der Waals surface area contributed by atoms with E-state index in [0.29, 0.717) is 11.8 Å². The molecule has 2 aromatic carbocycles. The number of hydrogen-bond donors (Lipinski definition) is 0. The molecule has 0 fully saturated rings. The maximum Gasteiger partial charge on any atom is 0.119 e. The molecule has 0 saturated heterocycles. The Hall–Kier alpha value is -2.84. The second-order valence-electron chi connectivity index (χ2n) is 6.96. The summed E-state index contributed by atoms with van der Waals surface area (Å²) in [6.07, 6.45) is 0. The van der Waals surface area contributed by atoms with Gasteiger partial charge in [-0.25, -0.2) is 0 Å². The molecule has 2 heteroatoms. The monoisotopic (exact) mass is 346 g/mol. The molecule has 0 radical (unpaired) electrons. The van der Waals surface area contributed by atoms with Crippen molar-refractivity contribution in [3.8, 4) is 35.2 Å². The highest BCUT2D eigenvalue weighted by Gasteiger charge is 1.97. The van der Waals surface area contributed by atoms with Crippen molar-refractivity contribution in [1.82, 2.24) is 0 Å². The lowest BCUT2D eigenvalue weighted by molar-refractivity contribution is 0.271. The smallest absolute Gasteiger partial charge is 0.119 e. The fraction of sp³-hybridized carbons (Fsp3) is 0.333. The quantitative estimate of drug-likeness (QED) is 0.673. The van der Waals surface area contributed by atoms with Crippen LogP contribution in [0.15, 0.2) is 48.5 Å². The van der Waals surface area contributed by atoms with E-state index in [9.17, 15) is 0 Å². The van der Waals surface area contributed by atoms with Crippen LogP contribution in [0.2, 0.25) is 0 Å². The Morgan fingerprint density at radius 3 is 1.27 bits per heavy atom. The average Bonchev–Trinajstić information content (AvgIpc) is 2.63. The Kier molecular flexibility index (Phi) is 7.66. The number of ether oxygens (including phenoxy) is 2. The molecule has 2 rings (SSSR count). The first-order chi connectivity index (χ1) is 12.5. The molecule has 26 heavy (non-hydrogen) atoms. The number of rotatable bonds is 6. The highest BCUT2D eigenvalue weighted by Crippen LogP contribution is 2.13. The molecular formula is C24H26O2. The summed E-state index contributed by atoms with van der Waals surface area (Å²) in [6, 6.07) is 15.6. The molecule has 0 aliphatic heterocycles. The van der Waals surface area contributed by atoms with Gasteiger partial charge in [0.25, 0.3) is 0 Å². The van der Waals surface area contributed by atoms with Gasteiger partial charge in [-0.1, -0.05) is 39.5 Å². The zero-order chi connectivity index (χ0) is 18.8. The molecule has 0 aliphatic carbocycles. The molecule has 0 aliphatic rings. The first kappa shape index (κ1) is 19.5. The third kappa shape index (κ3) is 7.37. The van der Waals surface area contributed by atoms with Gasteiger partial charge in [-0.15, -0.1) is 0 Å². The van der Waals surface area contributed by atoms with Crippen LogP contribution in [0.1, 0.15) is 38.8 Å². The van der Waals surface area contributed by atoms with E-state index in [4.69, 9.17) is 9.47 Å². The van der Waals surface area contributed by atoms with Crippen LogP contribution in [0.4, 0.5) is 0 Å². The topological polar surface area (TPSA) is 18.5 Å². The van der Waals surface area contributed by atoms with E-state index in [1.165, 1.54) is 0 Å². The minimum atomic E-state index is 0.514. The zero-order valence-corrected chi connectivity index (χ0v) is 16.0. The third-order valence-corrected chi connectivity index (χ3v) is 3.35. The van der Waals surface area contributed by atoms with Crippen molar-refractivity contribution >= 4 is 0 Å². The summed E-state index contributed by atoms with van der Waals surface area (Å²) >= 11 is 0. The van der Waals surface area contributed by atoms with E-state index in [1.807, 2.05) is 48.5 Å². The lowest BCUT2D eigenvalue weighted by Gasteiger charge is -2.08. The molecule has 0 aromatic heterocycles. The van der Waals surface area contributed by atoms with E-state index in [1.54, 1.807) is 0 Å². The lowest BCUT2D eigenvalue weighted by Crippen LogP contribution is -2.04. The predicted molar refractivity (Wildman–Crippen MR) is 107 cm³/mol. The van der Waals surface area contributed by atoms with Crippen LogP contribution in [-0.4, -0.2) is 13.2 Å². The summed E-state index contributed by atoms with van der Waals surface area (Å²) < 4.78 is 11.3. The van der Waals surface area contributed by atoms with Crippen molar-refractivity contribution in [3.63, 3.8) is 0 Å². The van der Waals surface area contributed by atoms with Crippen LogP contribution >= 0.6 is 0 Å². The summed E-state index contributed by atoms with van der Waals surface area (Å²) in [7, 11) is 0. The van der Waals surface area contributed by atoms with E-state index < -0.39 is 0 Å². The second-order valence-corrected chi connectivity index (χ2v) is 6.96. The van der Waals surface area contributed by atoms with Gasteiger partial charge < -0.3 is 9.47 Å². The molecule has 0 spiro atoms. The standard InChI is InChI=1S/C24H26O2/c1-19(2)17-25-23-13-9-21(10-14-23)7-5-6-8-22-11-15-24(16-12-22)26-18-20(3)4/h9-16,19-20H,17-18H2,1-4H3. The molecule has 0 amide bonds. The molecule has 0 bridgehead atoms. The van der Waals surface area contributed by atoms with E-state index in [-0.39, 0.29) is 0 Å². The van der Waals surface area contributed by atoms with E-state index >= 15 is 0 Å². The molecule has 2 nitrogen and oxygen atoms in total. The largest absolute Gasteiger partial charge is 0.493 e. The van der Waals surface area contributed by atoms with Crippen LogP contribution in [0, 0.1) is 35.5 Å². The summed E-state index contributed by atoms with van der Waals surface area (Å²) in [6.45, 7) is 9.96. The molecule has 0 heterocycles. The van der Waals surface area contributed by atoms with Crippen molar-refractivity contribution < 1.29 is 9.47 Å². The van der Waals surface area contributed by atoms with E-state index in [0.717, 1.165) is 35.8 Å². The van der Waals surface area contributed by atoms with Crippen LogP contribution < -0.4 is 9.47 Å². The van der Waals surface area contributed by atoms with Crippen LogP contribution in [-0.2, 0) is 0 Å². The Bertz CT molecular complexity index is 720. The van der Waals surface area contributed by atoms with Gasteiger partial charge in [-0.2, -0.15) is 0 Å². The Balaban J connectivity index is 1.89. The van der Waals surface area contributed by atoms with Gasteiger partial charge in [0.1, 0.15) is 11.5 Å².